The van der Waals surface area contributed by atoms with Crippen LogP contribution in [-0.4, -0.2) is 23.6 Å². The molecule has 0 fully saturated rings. The van der Waals surface area contributed by atoms with Gasteiger partial charge in [0.2, 0.25) is 0 Å². The van der Waals surface area contributed by atoms with Crippen LogP contribution in [0, 0.1) is 0 Å². The molecule has 0 aromatic carbocycles. The summed E-state index contributed by atoms with van der Waals surface area (Å²) in [7, 11) is 1.98. The van der Waals surface area contributed by atoms with Crippen molar-refractivity contribution in [1.29, 1.82) is 0 Å². The Morgan fingerprint density at radius 3 is 2.58 bits per heavy atom. The molecule has 5 heteroatoms. The second-order valence-corrected chi connectivity index (χ2v) is 4.98. The van der Waals surface area contributed by atoms with Gasteiger partial charge in [0.1, 0.15) is 5.82 Å². The van der Waals surface area contributed by atoms with Crippen molar-refractivity contribution in [3.63, 3.8) is 0 Å². The molecular formula is C14H15Cl2N3. The number of pyridine rings is 2. The first kappa shape index (κ1) is 14.1. The molecule has 0 bridgehead atoms. The highest BCUT2D eigenvalue weighted by atomic mass is 35.5. The van der Waals surface area contributed by atoms with Crippen LogP contribution in [0.1, 0.15) is 11.1 Å². The molecule has 0 N–H and O–H groups in total. The number of hydrogen-bond acceptors (Lipinski definition) is 3. The van der Waals surface area contributed by atoms with Crippen molar-refractivity contribution in [2.24, 2.45) is 0 Å². The number of alkyl halides is 1. The summed E-state index contributed by atoms with van der Waals surface area (Å²) >= 11 is 12.0. The van der Waals surface area contributed by atoms with Crippen molar-refractivity contribution < 1.29 is 0 Å². The second-order valence-electron chi connectivity index (χ2n) is 4.31. The molecule has 2 heterocycles. The Bertz CT molecular complexity index is 531. The molecule has 0 unspecified atom stereocenters. The van der Waals surface area contributed by atoms with Gasteiger partial charge in [0.25, 0.3) is 0 Å². The van der Waals surface area contributed by atoms with Crippen LogP contribution in [0.5, 0.6) is 0 Å². The fourth-order valence-corrected chi connectivity index (χ4v) is 2.26. The summed E-state index contributed by atoms with van der Waals surface area (Å²) in [5.41, 5.74) is 2.17. The van der Waals surface area contributed by atoms with Crippen LogP contribution in [0.2, 0.25) is 5.02 Å². The lowest BCUT2D eigenvalue weighted by molar-refractivity contribution is 0.857. The Morgan fingerprint density at radius 1 is 1.21 bits per heavy atom. The highest BCUT2D eigenvalue weighted by Crippen LogP contribution is 2.23. The third kappa shape index (κ3) is 3.82. The number of rotatable bonds is 5. The molecule has 3 nitrogen and oxygen atoms in total. The van der Waals surface area contributed by atoms with Gasteiger partial charge in [-0.05, 0) is 35.7 Å². The van der Waals surface area contributed by atoms with Crippen LogP contribution >= 0.6 is 23.2 Å². The Hall–Kier alpha value is -1.32. The fraction of sp³-hybridized carbons (Fsp3) is 0.286. The zero-order chi connectivity index (χ0) is 13.7. The van der Waals surface area contributed by atoms with Gasteiger partial charge in [0.15, 0.2) is 0 Å². The summed E-state index contributed by atoms with van der Waals surface area (Å²) < 4.78 is 0. The Kier molecular flexibility index (Phi) is 5.00. The lowest BCUT2D eigenvalue weighted by Gasteiger charge is -2.19. The number of nitrogens with zero attached hydrogens (tertiary/aromatic N) is 3. The highest BCUT2D eigenvalue weighted by Gasteiger charge is 2.08. The van der Waals surface area contributed by atoms with E-state index in [9.17, 15) is 0 Å². The van der Waals surface area contributed by atoms with Crippen LogP contribution in [0.4, 0.5) is 5.82 Å². The molecule has 2 aromatic rings. The van der Waals surface area contributed by atoms with E-state index in [1.165, 1.54) is 5.56 Å². The van der Waals surface area contributed by atoms with Crippen molar-refractivity contribution in [2.45, 2.75) is 12.3 Å². The summed E-state index contributed by atoms with van der Waals surface area (Å²) in [5.74, 6) is 1.21. The molecule has 0 atom stereocenters. The van der Waals surface area contributed by atoms with Crippen molar-refractivity contribution in [2.75, 3.05) is 18.5 Å². The van der Waals surface area contributed by atoms with Gasteiger partial charge >= 0.3 is 0 Å². The molecule has 2 rings (SSSR count). The third-order valence-corrected chi connectivity index (χ3v) is 3.47. The predicted molar refractivity (Wildman–Crippen MR) is 80.0 cm³/mol. The molecule has 0 aliphatic heterocycles. The summed E-state index contributed by atoms with van der Waals surface area (Å²) in [6.45, 7) is 0.844. The fourth-order valence-electron chi connectivity index (χ4n) is 1.78. The van der Waals surface area contributed by atoms with Crippen molar-refractivity contribution in [3.8, 4) is 0 Å². The number of likely N-dealkylation sites (N-methyl/N-ethyl adjacent to an activating group) is 1. The topological polar surface area (TPSA) is 29.0 Å². The van der Waals surface area contributed by atoms with Crippen LogP contribution in [-0.2, 0) is 12.3 Å². The van der Waals surface area contributed by atoms with E-state index in [1.807, 2.05) is 30.1 Å². The van der Waals surface area contributed by atoms with E-state index in [0.29, 0.717) is 10.9 Å². The number of halogens is 2. The van der Waals surface area contributed by atoms with E-state index in [-0.39, 0.29) is 0 Å². The zero-order valence-corrected chi connectivity index (χ0v) is 12.2. The van der Waals surface area contributed by atoms with E-state index >= 15 is 0 Å². The molecule has 0 aliphatic rings. The maximum atomic E-state index is 6.21. The van der Waals surface area contributed by atoms with Crippen molar-refractivity contribution in [3.05, 3.63) is 52.9 Å². The van der Waals surface area contributed by atoms with Gasteiger partial charge in [-0.1, -0.05) is 11.6 Å². The van der Waals surface area contributed by atoms with Crippen LogP contribution in [0.15, 0.2) is 36.8 Å². The summed E-state index contributed by atoms with van der Waals surface area (Å²) in [4.78, 5) is 10.4. The quantitative estimate of drug-likeness (QED) is 0.790. The molecular weight excluding hydrogens is 281 g/mol. The normalized spacial score (nSPS) is 10.5. The monoisotopic (exact) mass is 295 g/mol. The van der Waals surface area contributed by atoms with Crippen LogP contribution < -0.4 is 4.90 Å². The minimum atomic E-state index is 0.424. The Morgan fingerprint density at radius 2 is 1.95 bits per heavy atom. The molecule has 0 saturated heterocycles. The number of aromatic nitrogens is 2. The minimum Gasteiger partial charge on any atom is -0.358 e. The van der Waals surface area contributed by atoms with E-state index < -0.39 is 0 Å². The molecule has 0 spiro atoms. The minimum absolute atomic E-state index is 0.424. The first-order chi connectivity index (χ1) is 9.20. The smallest absolute Gasteiger partial charge is 0.147 e. The van der Waals surface area contributed by atoms with Gasteiger partial charge in [-0.2, -0.15) is 0 Å². The standard InChI is InChI=1S/C14H15Cl2N3/c1-19(7-4-11-2-5-17-6-3-11)14-13(16)8-12(9-15)10-18-14/h2-3,5-6,8,10H,4,7,9H2,1H3. The maximum Gasteiger partial charge on any atom is 0.147 e. The van der Waals surface area contributed by atoms with E-state index in [1.54, 1.807) is 18.6 Å². The van der Waals surface area contributed by atoms with E-state index in [0.717, 1.165) is 24.3 Å². The Balaban J connectivity index is 2.02. The Labute approximate surface area is 123 Å². The van der Waals surface area contributed by atoms with Gasteiger partial charge < -0.3 is 4.90 Å². The highest BCUT2D eigenvalue weighted by molar-refractivity contribution is 6.33. The summed E-state index contributed by atoms with van der Waals surface area (Å²) in [5, 5.41) is 0.635. The summed E-state index contributed by atoms with van der Waals surface area (Å²) in [6.07, 6.45) is 6.29. The van der Waals surface area contributed by atoms with Crippen molar-refractivity contribution >= 4 is 29.0 Å². The first-order valence-electron chi connectivity index (χ1n) is 6.01. The van der Waals surface area contributed by atoms with Gasteiger partial charge in [-0.15, -0.1) is 11.6 Å². The van der Waals surface area contributed by atoms with Gasteiger partial charge in [-0.3, -0.25) is 4.98 Å². The van der Waals surface area contributed by atoms with Gasteiger partial charge in [0.05, 0.1) is 5.02 Å². The number of anilines is 1. The first-order valence-corrected chi connectivity index (χ1v) is 6.92. The van der Waals surface area contributed by atoms with Crippen LogP contribution in [0.3, 0.4) is 0 Å². The molecule has 0 radical (unpaired) electrons. The van der Waals surface area contributed by atoms with Gasteiger partial charge in [0, 0.05) is 38.1 Å². The largest absolute Gasteiger partial charge is 0.358 e. The molecule has 100 valence electrons. The molecule has 0 amide bonds. The lowest BCUT2D eigenvalue weighted by Crippen LogP contribution is -2.21. The summed E-state index contributed by atoms with van der Waals surface area (Å²) in [6, 6.07) is 5.89. The molecule has 19 heavy (non-hydrogen) atoms. The second kappa shape index (κ2) is 6.73. The average molecular weight is 296 g/mol. The maximum absolute atomic E-state index is 6.21. The third-order valence-electron chi connectivity index (χ3n) is 2.88. The number of hydrogen-bond donors (Lipinski definition) is 0. The molecule has 0 aliphatic carbocycles. The van der Waals surface area contributed by atoms with Crippen molar-refractivity contribution in [1.82, 2.24) is 9.97 Å². The predicted octanol–water partition coefficient (Wildman–Crippen LogP) is 3.55. The lowest BCUT2D eigenvalue weighted by atomic mass is 10.2. The zero-order valence-electron chi connectivity index (χ0n) is 10.7. The average Bonchev–Trinajstić information content (AvgIpc) is 2.45. The molecule has 2 aromatic heterocycles. The van der Waals surface area contributed by atoms with Gasteiger partial charge in [-0.25, -0.2) is 4.98 Å². The van der Waals surface area contributed by atoms with Crippen LogP contribution in [0.25, 0.3) is 0 Å². The SMILES string of the molecule is CN(CCc1ccncc1)c1ncc(CCl)cc1Cl. The molecule has 0 saturated carbocycles. The van der Waals surface area contributed by atoms with E-state index in [4.69, 9.17) is 23.2 Å². The van der Waals surface area contributed by atoms with E-state index in [2.05, 4.69) is 9.97 Å².